The zero-order chi connectivity index (χ0) is 15.4. The van der Waals surface area contributed by atoms with Gasteiger partial charge < -0.3 is 23.7 Å². The SMILES string of the molecule is COc1cc(N(C)Cc2nccn2C)cc(OC)c1OC. The van der Waals surface area contributed by atoms with Crippen LogP contribution in [0.25, 0.3) is 0 Å². The van der Waals surface area contributed by atoms with Crippen LogP contribution in [0, 0.1) is 0 Å². The highest BCUT2D eigenvalue weighted by Gasteiger charge is 2.15. The smallest absolute Gasteiger partial charge is 0.203 e. The van der Waals surface area contributed by atoms with Gasteiger partial charge in [-0.25, -0.2) is 4.98 Å². The van der Waals surface area contributed by atoms with Crippen LogP contribution in [0.15, 0.2) is 24.5 Å². The van der Waals surface area contributed by atoms with E-state index in [0.29, 0.717) is 23.8 Å². The van der Waals surface area contributed by atoms with E-state index in [-0.39, 0.29) is 0 Å². The molecule has 0 unspecified atom stereocenters. The lowest BCUT2D eigenvalue weighted by Gasteiger charge is -2.22. The second kappa shape index (κ2) is 6.39. The molecule has 1 aromatic carbocycles. The summed E-state index contributed by atoms with van der Waals surface area (Å²) in [6, 6.07) is 3.84. The van der Waals surface area contributed by atoms with Crippen LogP contribution in [0.3, 0.4) is 0 Å². The van der Waals surface area contributed by atoms with Crippen molar-refractivity contribution in [2.75, 3.05) is 33.3 Å². The van der Waals surface area contributed by atoms with Gasteiger partial charge in [-0.3, -0.25) is 0 Å². The highest BCUT2D eigenvalue weighted by molar-refractivity contribution is 5.63. The van der Waals surface area contributed by atoms with Crippen LogP contribution < -0.4 is 19.1 Å². The van der Waals surface area contributed by atoms with Crippen molar-refractivity contribution >= 4 is 5.69 Å². The molecular weight excluding hydrogens is 270 g/mol. The molecule has 0 aliphatic carbocycles. The van der Waals surface area contributed by atoms with E-state index in [1.54, 1.807) is 27.5 Å². The van der Waals surface area contributed by atoms with Crippen molar-refractivity contribution in [2.45, 2.75) is 6.54 Å². The van der Waals surface area contributed by atoms with Gasteiger partial charge in [0.25, 0.3) is 0 Å². The van der Waals surface area contributed by atoms with E-state index < -0.39 is 0 Å². The first-order chi connectivity index (χ1) is 10.1. The molecule has 0 saturated carbocycles. The molecule has 0 aliphatic heterocycles. The summed E-state index contributed by atoms with van der Waals surface area (Å²) in [5.41, 5.74) is 0.965. The summed E-state index contributed by atoms with van der Waals surface area (Å²) < 4.78 is 18.1. The summed E-state index contributed by atoms with van der Waals surface area (Å²) in [6.45, 7) is 0.683. The zero-order valence-corrected chi connectivity index (χ0v) is 13.1. The fourth-order valence-corrected chi connectivity index (χ4v) is 2.14. The number of aromatic nitrogens is 2. The number of imidazole rings is 1. The van der Waals surface area contributed by atoms with Gasteiger partial charge in [0.05, 0.1) is 27.9 Å². The third-order valence-corrected chi connectivity index (χ3v) is 3.39. The molecule has 6 nitrogen and oxygen atoms in total. The van der Waals surface area contributed by atoms with Gasteiger partial charge in [0.2, 0.25) is 5.75 Å². The van der Waals surface area contributed by atoms with Crippen molar-refractivity contribution in [2.24, 2.45) is 7.05 Å². The van der Waals surface area contributed by atoms with E-state index in [4.69, 9.17) is 14.2 Å². The van der Waals surface area contributed by atoms with E-state index >= 15 is 0 Å². The predicted octanol–water partition coefficient (Wildman–Crippen LogP) is 2.08. The van der Waals surface area contributed by atoms with Crippen molar-refractivity contribution in [3.05, 3.63) is 30.4 Å². The topological polar surface area (TPSA) is 48.8 Å². The quantitative estimate of drug-likeness (QED) is 0.815. The maximum absolute atomic E-state index is 5.38. The molecule has 0 radical (unpaired) electrons. The summed E-state index contributed by atoms with van der Waals surface area (Å²) >= 11 is 0. The third-order valence-electron chi connectivity index (χ3n) is 3.39. The zero-order valence-electron chi connectivity index (χ0n) is 13.1. The number of aryl methyl sites for hydroxylation is 1. The number of ether oxygens (including phenoxy) is 3. The number of anilines is 1. The maximum Gasteiger partial charge on any atom is 0.203 e. The van der Waals surface area contributed by atoms with Crippen LogP contribution in [0.1, 0.15) is 5.82 Å². The normalized spacial score (nSPS) is 10.3. The molecule has 0 amide bonds. The van der Waals surface area contributed by atoms with Gasteiger partial charge in [-0.05, 0) is 0 Å². The van der Waals surface area contributed by atoms with Crippen molar-refractivity contribution in [3.63, 3.8) is 0 Å². The van der Waals surface area contributed by atoms with E-state index in [9.17, 15) is 0 Å². The molecule has 1 aromatic heterocycles. The molecule has 114 valence electrons. The molecule has 0 saturated heterocycles. The Morgan fingerprint density at radius 3 is 2.14 bits per heavy atom. The third kappa shape index (κ3) is 3.04. The predicted molar refractivity (Wildman–Crippen MR) is 81.4 cm³/mol. The maximum atomic E-state index is 5.38. The minimum atomic E-state index is 0.592. The Morgan fingerprint density at radius 1 is 1.10 bits per heavy atom. The largest absolute Gasteiger partial charge is 0.493 e. The summed E-state index contributed by atoms with van der Waals surface area (Å²) in [5, 5.41) is 0. The fourth-order valence-electron chi connectivity index (χ4n) is 2.14. The van der Waals surface area contributed by atoms with Gasteiger partial charge in [0, 0.05) is 44.3 Å². The van der Waals surface area contributed by atoms with Crippen molar-refractivity contribution in [3.8, 4) is 17.2 Å². The Hall–Kier alpha value is -2.37. The summed E-state index contributed by atoms with van der Waals surface area (Å²) in [4.78, 5) is 6.41. The Morgan fingerprint density at radius 2 is 1.71 bits per heavy atom. The van der Waals surface area contributed by atoms with Crippen molar-refractivity contribution < 1.29 is 14.2 Å². The Balaban J connectivity index is 2.32. The van der Waals surface area contributed by atoms with Gasteiger partial charge in [0.1, 0.15) is 5.82 Å². The lowest BCUT2D eigenvalue weighted by molar-refractivity contribution is 0.324. The van der Waals surface area contributed by atoms with Crippen LogP contribution in [0.2, 0.25) is 0 Å². The minimum Gasteiger partial charge on any atom is -0.493 e. The number of hydrogen-bond acceptors (Lipinski definition) is 5. The number of hydrogen-bond donors (Lipinski definition) is 0. The van der Waals surface area contributed by atoms with E-state index in [0.717, 1.165) is 11.5 Å². The standard InChI is InChI=1S/C15H21N3O3/c1-17-7-6-16-14(17)10-18(2)11-8-12(19-3)15(21-5)13(9-11)20-4/h6-9H,10H2,1-5H3. The molecule has 2 aromatic rings. The summed E-state index contributed by atoms with van der Waals surface area (Å²) in [6.07, 6.45) is 3.72. The van der Waals surface area contributed by atoms with Crippen LogP contribution in [-0.2, 0) is 13.6 Å². The van der Waals surface area contributed by atoms with Gasteiger partial charge in [-0.1, -0.05) is 0 Å². The van der Waals surface area contributed by atoms with Crippen molar-refractivity contribution in [1.29, 1.82) is 0 Å². The molecule has 0 fully saturated rings. The summed E-state index contributed by atoms with van der Waals surface area (Å²) in [7, 11) is 8.79. The van der Waals surface area contributed by atoms with Crippen LogP contribution in [0.5, 0.6) is 17.2 Å². The first-order valence-corrected chi connectivity index (χ1v) is 6.58. The number of methoxy groups -OCH3 is 3. The van der Waals surface area contributed by atoms with Crippen LogP contribution >= 0.6 is 0 Å². The van der Waals surface area contributed by atoms with E-state index in [2.05, 4.69) is 9.88 Å². The van der Waals surface area contributed by atoms with E-state index in [1.807, 2.05) is 37.0 Å². The molecule has 0 N–H and O–H groups in total. The molecule has 0 spiro atoms. The monoisotopic (exact) mass is 291 g/mol. The van der Waals surface area contributed by atoms with Crippen molar-refractivity contribution in [1.82, 2.24) is 9.55 Å². The minimum absolute atomic E-state index is 0.592. The Bertz CT molecular complexity index is 585. The van der Waals surface area contributed by atoms with Gasteiger partial charge in [0.15, 0.2) is 11.5 Å². The molecule has 0 aliphatic rings. The van der Waals surface area contributed by atoms with Gasteiger partial charge >= 0.3 is 0 Å². The van der Waals surface area contributed by atoms with E-state index in [1.165, 1.54) is 0 Å². The first kappa shape index (κ1) is 15.0. The Kier molecular flexibility index (Phi) is 4.57. The Labute approximate surface area is 124 Å². The number of rotatable bonds is 6. The molecule has 0 bridgehead atoms. The lowest BCUT2D eigenvalue weighted by atomic mass is 10.2. The number of benzene rings is 1. The second-order valence-corrected chi connectivity index (χ2v) is 4.69. The fraction of sp³-hybridized carbons (Fsp3) is 0.400. The van der Waals surface area contributed by atoms with Crippen LogP contribution in [-0.4, -0.2) is 37.9 Å². The van der Waals surface area contributed by atoms with Gasteiger partial charge in [-0.15, -0.1) is 0 Å². The number of nitrogens with zero attached hydrogens (tertiary/aromatic N) is 3. The molecule has 6 heteroatoms. The molecule has 2 rings (SSSR count). The average Bonchev–Trinajstić information content (AvgIpc) is 2.90. The molecule has 0 atom stereocenters. The lowest BCUT2D eigenvalue weighted by Crippen LogP contribution is -2.19. The highest BCUT2D eigenvalue weighted by Crippen LogP contribution is 2.40. The second-order valence-electron chi connectivity index (χ2n) is 4.69. The van der Waals surface area contributed by atoms with Crippen LogP contribution in [0.4, 0.5) is 5.69 Å². The average molecular weight is 291 g/mol. The molecule has 21 heavy (non-hydrogen) atoms. The molecule has 1 heterocycles. The summed E-state index contributed by atoms with van der Waals surface area (Å²) in [5.74, 6) is 2.84. The first-order valence-electron chi connectivity index (χ1n) is 6.58. The van der Waals surface area contributed by atoms with Gasteiger partial charge in [-0.2, -0.15) is 0 Å². The highest BCUT2D eigenvalue weighted by atomic mass is 16.5. The molecular formula is C15H21N3O3.